The summed E-state index contributed by atoms with van der Waals surface area (Å²) < 4.78 is 34.4. The summed E-state index contributed by atoms with van der Waals surface area (Å²) in [6, 6.07) is 15.7. The number of carbonyl (C=O) groups excluding carboxylic acids is 1. The third kappa shape index (κ3) is 4.99. The van der Waals surface area contributed by atoms with E-state index in [9.17, 15) is 13.2 Å². The summed E-state index contributed by atoms with van der Waals surface area (Å²) in [5.41, 5.74) is 1.94. The molecule has 182 valence electrons. The Morgan fingerprint density at radius 3 is 2.77 bits per heavy atom. The number of nitrogens with zero attached hydrogens (tertiary/aromatic N) is 3. The predicted octanol–water partition coefficient (Wildman–Crippen LogP) is 5.49. The van der Waals surface area contributed by atoms with Crippen LogP contribution < -0.4 is 4.90 Å². The molecule has 1 atom stereocenters. The quantitative estimate of drug-likeness (QED) is 0.330. The number of sulfonamides is 1. The molecule has 3 heterocycles. The monoisotopic (exact) mass is 529 g/mol. The van der Waals surface area contributed by atoms with E-state index < -0.39 is 15.9 Å². The van der Waals surface area contributed by atoms with Gasteiger partial charge in [-0.05, 0) is 73.9 Å². The highest BCUT2D eigenvalue weighted by molar-refractivity contribution is 7.89. The highest BCUT2D eigenvalue weighted by atomic mass is 35.5. The van der Waals surface area contributed by atoms with E-state index in [4.69, 9.17) is 21.0 Å². The summed E-state index contributed by atoms with van der Waals surface area (Å²) in [5, 5.41) is 1.04. The second kappa shape index (κ2) is 9.73. The molecule has 1 unspecified atom stereocenters. The van der Waals surface area contributed by atoms with Crippen molar-refractivity contribution in [3.05, 3.63) is 77.2 Å². The molecule has 0 radical (unpaired) electrons. The van der Waals surface area contributed by atoms with Crippen molar-refractivity contribution in [1.29, 1.82) is 0 Å². The second-order valence-electron chi connectivity index (χ2n) is 8.63. The first-order valence-electron chi connectivity index (χ1n) is 11.3. The molecule has 1 fully saturated rings. The molecule has 1 saturated heterocycles. The first-order chi connectivity index (χ1) is 16.8. The van der Waals surface area contributed by atoms with Gasteiger partial charge in [-0.3, -0.25) is 9.69 Å². The average molecular weight is 530 g/mol. The van der Waals surface area contributed by atoms with Gasteiger partial charge < -0.3 is 4.42 Å². The number of hydrogen-bond donors (Lipinski definition) is 0. The second-order valence-corrected chi connectivity index (χ2v) is 12.0. The van der Waals surface area contributed by atoms with E-state index >= 15 is 0 Å². The molecule has 7 nitrogen and oxygen atoms in total. The molecule has 0 N–H and O–H groups in total. The number of benzene rings is 2. The van der Waals surface area contributed by atoms with Crippen LogP contribution >= 0.6 is 22.9 Å². The number of piperidine rings is 1. The lowest BCUT2D eigenvalue weighted by molar-refractivity contribution is -0.123. The van der Waals surface area contributed by atoms with Crippen LogP contribution in [0.2, 0.25) is 5.02 Å². The van der Waals surface area contributed by atoms with Gasteiger partial charge in [0.1, 0.15) is 5.76 Å². The van der Waals surface area contributed by atoms with Crippen molar-refractivity contribution in [3.8, 4) is 0 Å². The van der Waals surface area contributed by atoms with Crippen LogP contribution in [0.3, 0.4) is 0 Å². The van der Waals surface area contributed by atoms with Crippen molar-refractivity contribution in [1.82, 2.24) is 9.29 Å². The van der Waals surface area contributed by atoms with E-state index in [2.05, 4.69) is 0 Å². The van der Waals surface area contributed by atoms with Gasteiger partial charge in [0.2, 0.25) is 15.9 Å². The number of halogens is 1. The van der Waals surface area contributed by atoms with E-state index in [0.717, 1.165) is 15.8 Å². The molecule has 0 spiro atoms. The van der Waals surface area contributed by atoms with Gasteiger partial charge in [-0.25, -0.2) is 13.4 Å². The Balaban J connectivity index is 1.43. The van der Waals surface area contributed by atoms with Crippen molar-refractivity contribution in [3.63, 3.8) is 0 Å². The molecule has 0 saturated carbocycles. The van der Waals surface area contributed by atoms with E-state index in [1.807, 2.05) is 31.2 Å². The molecule has 10 heteroatoms. The third-order valence-corrected chi connectivity index (χ3v) is 9.28. The van der Waals surface area contributed by atoms with Crippen LogP contribution in [-0.2, 0) is 21.4 Å². The number of thiazole rings is 1. The standard InChI is InChI=1S/C25H24ClN3O4S2/c1-17-6-11-22-23(14-17)34-25(27-22)29(16-20-5-3-13-33-20)24(30)18-4-2-12-28(15-18)35(31,32)21-9-7-19(26)8-10-21/h3,5-11,13-14,18H,2,4,12,15-16H2,1H3. The zero-order chi connectivity index (χ0) is 24.6. The first kappa shape index (κ1) is 24.0. The molecule has 1 aliphatic heterocycles. The third-order valence-electron chi connectivity index (χ3n) is 6.11. The number of carbonyl (C=O) groups is 1. The molecule has 35 heavy (non-hydrogen) atoms. The number of aryl methyl sites for hydroxylation is 1. The van der Waals surface area contributed by atoms with Gasteiger partial charge in [0.05, 0.1) is 33.8 Å². The summed E-state index contributed by atoms with van der Waals surface area (Å²) in [7, 11) is -3.74. The Morgan fingerprint density at radius 2 is 2.03 bits per heavy atom. The maximum absolute atomic E-state index is 13.8. The van der Waals surface area contributed by atoms with Crippen molar-refractivity contribution in [2.75, 3.05) is 18.0 Å². The van der Waals surface area contributed by atoms with Gasteiger partial charge in [-0.15, -0.1) is 0 Å². The Bertz CT molecular complexity index is 1450. The fraction of sp³-hybridized carbons (Fsp3) is 0.280. The van der Waals surface area contributed by atoms with Crippen LogP contribution in [-0.4, -0.2) is 36.7 Å². The fourth-order valence-corrected chi connectivity index (χ4v) is 6.99. The van der Waals surface area contributed by atoms with E-state index in [1.165, 1.54) is 27.8 Å². The lowest BCUT2D eigenvalue weighted by atomic mass is 9.98. The van der Waals surface area contributed by atoms with Crippen molar-refractivity contribution < 1.29 is 17.6 Å². The Labute approximate surface area is 213 Å². The summed E-state index contributed by atoms with van der Waals surface area (Å²) in [6.07, 6.45) is 2.77. The van der Waals surface area contributed by atoms with Crippen LogP contribution in [0.1, 0.15) is 24.2 Å². The summed E-state index contributed by atoms with van der Waals surface area (Å²) >= 11 is 7.38. The maximum Gasteiger partial charge on any atom is 0.243 e. The minimum atomic E-state index is -3.74. The van der Waals surface area contributed by atoms with Crippen molar-refractivity contribution in [2.45, 2.75) is 31.2 Å². The van der Waals surface area contributed by atoms with Gasteiger partial charge in [0, 0.05) is 18.1 Å². The van der Waals surface area contributed by atoms with E-state index in [1.54, 1.807) is 29.4 Å². The molecule has 5 rings (SSSR count). The summed E-state index contributed by atoms with van der Waals surface area (Å²) in [5.74, 6) is -0.0158. The average Bonchev–Trinajstić information content (AvgIpc) is 3.52. The number of amides is 1. The molecular formula is C25H24ClN3O4S2. The van der Waals surface area contributed by atoms with Crippen LogP contribution in [0.15, 0.2) is 70.2 Å². The van der Waals surface area contributed by atoms with Gasteiger partial charge in [-0.1, -0.05) is 29.0 Å². The van der Waals surface area contributed by atoms with E-state index in [-0.39, 0.29) is 23.9 Å². The molecular weight excluding hydrogens is 506 g/mol. The minimum Gasteiger partial charge on any atom is -0.467 e. The smallest absolute Gasteiger partial charge is 0.243 e. The van der Waals surface area contributed by atoms with Gasteiger partial charge in [-0.2, -0.15) is 4.31 Å². The highest BCUT2D eigenvalue weighted by Crippen LogP contribution is 2.33. The summed E-state index contributed by atoms with van der Waals surface area (Å²) in [6.45, 7) is 2.73. The SMILES string of the molecule is Cc1ccc2nc(N(Cc3ccco3)C(=O)C3CCCN(S(=O)(=O)c4ccc(Cl)cc4)C3)sc2c1. The number of anilines is 1. The summed E-state index contributed by atoms with van der Waals surface area (Å²) in [4.78, 5) is 20.3. The topological polar surface area (TPSA) is 83.7 Å². The van der Waals surface area contributed by atoms with Crippen LogP contribution in [0.4, 0.5) is 5.13 Å². The van der Waals surface area contributed by atoms with Crippen molar-refractivity contribution >= 4 is 54.2 Å². The zero-order valence-electron chi connectivity index (χ0n) is 19.1. The fourth-order valence-electron chi connectivity index (χ4n) is 4.27. The lowest BCUT2D eigenvalue weighted by Crippen LogP contribution is -2.46. The van der Waals surface area contributed by atoms with E-state index in [0.29, 0.717) is 35.3 Å². The van der Waals surface area contributed by atoms with Crippen molar-refractivity contribution in [2.24, 2.45) is 5.92 Å². The number of fused-ring (bicyclic) bond motifs is 1. The number of rotatable bonds is 6. The predicted molar refractivity (Wildman–Crippen MR) is 137 cm³/mol. The first-order valence-corrected chi connectivity index (χ1v) is 13.9. The Kier molecular flexibility index (Phi) is 6.67. The zero-order valence-corrected chi connectivity index (χ0v) is 21.4. The molecule has 0 aliphatic carbocycles. The van der Waals surface area contributed by atoms with Crippen LogP contribution in [0.25, 0.3) is 10.2 Å². The molecule has 4 aromatic rings. The van der Waals surface area contributed by atoms with Gasteiger partial charge in [0.15, 0.2) is 5.13 Å². The number of furan rings is 1. The molecule has 1 aliphatic rings. The minimum absolute atomic E-state index is 0.114. The molecule has 2 aromatic carbocycles. The van der Waals surface area contributed by atoms with Crippen LogP contribution in [0.5, 0.6) is 0 Å². The molecule has 2 aromatic heterocycles. The molecule has 1 amide bonds. The normalized spacial score (nSPS) is 17.0. The maximum atomic E-state index is 13.8. The molecule has 0 bridgehead atoms. The number of hydrogen-bond acceptors (Lipinski definition) is 6. The van der Waals surface area contributed by atoms with Gasteiger partial charge in [0.25, 0.3) is 0 Å². The number of aromatic nitrogens is 1. The van der Waals surface area contributed by atoms with Gasteiger partial charge >= 0.3 is 0 Å². The Morgan fingerprint density at radius 1 is 1.23 bits per heavy atom. The lowest BCUT2D eigenvalue weighted by Gasteiger charge is -2.33. The highest BCUT2D eigenvalue weighted by Gasteiger charge is 2.36. The largest absolute Gasteiger partial charge is 0.467 e. The Hall–Kier alpha value is -2.72. The van der Waals surface area contributed by atoms with Crippen LogP contribution in [0, 0.1) is 12.8 Å².